The van der Waals surface area contributed by atoms with Gasteiger partial charge in [-0.1, -0.05) is 6.07 Å². The van der Waals surface area contributed by atoms with Crippen molar-refractivity contribution in [1.82, 2.24) is 0 Å². The van der Waals surface area contributed by atoms with Crippen LogP contribution in [0.5, 0.6) is 0 Å². The molecule has 0 aliphatic carbocycles. The molecule has 0 bridgehead atoms. The van der Waals surface area contributed by atoms with E-state index in [9.17, 15) is 19.2 Å². The Labute approximate surface area is 159 Å². The van der Waals surface area contributed by atoms with Crippen LogP contribution in [-0.2, 0) is 19.1 Å². The number of benzene rings is 1. The Bertz CT molecular complexity index is 859. The van der Waals surface area contributed by atoms with Gasteiger partial charge < -0.3 is 14.4 Å². The van der Waals surface area contributed by atoms with Gasteiger partial charge in [-0.05, 0) is 35.7 Å². The van der Waals surface area contributed by atoms with Gasteiger partial charge in [-0.2, -0.15) is 0 Å². The van der Waals surface area contributed by atoms with Crippen LogP contribution in [0, 0.1) is 5.92 Å². The summed E-state index contributed by atoms with van der Waals surface area (Å²) in [6.45, 7) is -0.166. The molecule has 2 heterocycles. The second kappa shape index (κ2) is 8.13. The van der Waals surface area contributed by atoms with Gasteiger partial charge in [0.2, 0.25) is 11.7 Å². The average Bonchev–Trinajstić information content (AvgIpc) is 3.35. The molecule has 27 heavy (non-hydrogen) atoms. The summed E-state index contributed by atoms with van der Waals surface area (Å²) in [5.41, 5.74) is 0.952. The van der Waals surface area contributed by atoms with Crippen LogP contribution < -0.4 is 4.90 Å². The second-order valence-electron chi connectivity index (χ2n) is 5.95. The number of hydrogen-bond donors (Lipinski definition) is 0. The molecule has 1 saturated heterocycles. The molecule has 1 aliphatic heterocycles. The summed E-state index contributed by atoms with van der Waals surface area (Å²) in [7, 11) is 1.29. The summed E-state index contributed by atoms with van der Waals surface area (Å²) in [4.78, 5) is 49.8. The average molecular weight is 387 g/mol. The predicted molar refractivity (Wildman–Crippen MR) is 97.9 cm³/mol. The molecule has 3 rings (SSSR count). The van der Waals surface area contributed by atoms with Crippen LogP contribution >= 0.6 is 11.3 Å². The standard InChI is InChI=1S/C19H17NO6S/c1-25-18(23)12-4-6-14(7-5-12)20-10-13(9-17(20)22)19(24)26-11-15(21)16-3-2-8-27-16/h2-8,13H,9-11H2,1H3/t13-/m0/s1. The van der Waals surface area contributed by atoms with Gasteiger partial charge in [-0.3, -0.25) is 14.4 Å². The Morgan fingerprint density at radius 2 is 1.93 bits per heavy atom. The molecule has 0 saturated carbocycles. The number of thiophene rings is 1. The van der Waals surface area contributed by atoms with Crippen molar-refractivity contribution in [3.63, 3.8) is 0 Å². The molecule has 1 atom stereocenters. The number of amides is 1. The van der Waals surface area contributed by atoms with E-state index in [-0.39, 0.29) is 31.3 Å². The van der Waals surface area contributed by atoms with Gasteiger partial charge in [0.1, 0.15) is 0 Å². The zero-order valence-corrected chi connectivity index (χ0v) is 15.4. The molecule has 1 aromatic carbocycles. The molecule has 1 amide bonds. The molecule has 1 fully saturated rings. The molecule has 7 nitrogen and oxygen atoms in total. The smallest absolute Gasteiger partial charge is 0.337 e. The number of hydrogen-bond acceptors (Lipinski definition) is 7. The number of rotatable bonds is 6. The van der Waals surface area contributed by atoms with Crippen molar-refractivity contribution in [2.24, 2.45) is 5.92 Å². The Kier molecular flexibility index (Phi) is 5.66. The maximum atomic E-state index is 12.3. The molecule has 0 unspecified atom stereocenters. The van der Waals surface area contributed by atoms with Gasteiger partial charge in [0, 0.05) is 18.7 Å². The molecule has 0 N–H and O–H groups in total. The molecular weight excluding hydrogens is 370 g/mol. The normalized spacial score (nSPS) is 16.3. The van der Waals surface area contributed by atoms with E-state index in [0.29, 0.717) is 16.1 Å². The first kappa shape index (κ1) is 18.8. The van der Waals surface area contributed by atoms with E-state index in [1.165, 1.54) is 23.3 Å². The fourth-order valence-electron chi connectivity index (χ4n) is 2.77. The predicted octanol–water partition coefficient (Wildman–Crippen LogP) is 2.31. The van der Waals surface area contributed by atoms with Crippen molar-refractivity contribution in [2.75, 3.05) is 25.2 Å². The quantitative estimate of drug-likeness (QED) is 0.558. The Morgan fingerprint density at radius 3 is 2.56 bits per heavy atom. The van der Waals surface area contributed by atoms with Crippen molar-refractivity contribution in [3.8, 4) is 0 Å². The monoisotopic (exact) mass is 387 g/mol. The molecule has 140 valence electrons. The van der Waals surface area contributed by atoms with Gasteiger partial charge in [0.15, 0.2) is 6.61 Å². The van der Waals surface area contributed by atoms with Gasteiger partial charge >= 0.3 is 11.9 Å². The molecule has 1 aliphatic rings. The minimum absolute atomic E-state index is 0.0186. The maximum Gasteiger partial charge on any atom is 0.337 e. The summed E-state index contributed by atoms with van der Waals surface area (Å²) in [6.07, 6.45) is 0.0186. The molecule has 0 spiro atoms. The molecule has 1 aromatic heterocycles. The third kappa shape index (κ3) is 4.22. The maximum absolute atomic E-state index is 12.3. The number of ether oxygens (including phenoxy) is 2. The van der Waals surface area contributed by atoms with Crippen molar-refractivity contribution >= 4 is 40.7 Å². The number of Topliss-reactive ketones (excluding diaryl/α,β-unsaturated/α-hetero) is 1. The summed E-state index contributed by atoms with van der Waals surface area (Å²) in [5, 5.41) is 1.77. The minimum atomic E-state index is -0.631. The number of methoxy groups -OCH3 is 1. The number of carbonyl (C=O) groups is 4. The topological polar surface area (TPSA) is 90.0 Å². The van der Waals surface area contributed by atoms with E-state index in [1.807, 2.05) is 0 Å². The SMILES string of the molecule is COC(=O)c1ccc(N2C[C@@H](C(=O)OCC(=O)c3cccs3)CC2=O)cc1. The van der Waals surface area contributed by atoms with E-state index < -0.39 is 17.9 Å². The van der Waals surface area contributed by atoms with E-state index >= 15 is 0 Å². The van der Waals surface area contributed by atoms with Crippen LogP contribution in [0.4, 0.5) is 5.69 Å². The third-order valence-corrected chi connectivity index (χ3v) is 5.11. The van der Waals surface area contributed by atoms with E-state index in [0.717, 1.165) is 0 Å². The minimum Gasteiger partial charge on any atom is -0.465 e. The fourth-order valence-corrected chi connectivity index (χ4v) is 3.42. The summed E-state index contributed by atoms with van der Waals surface area (Å²) in [6, 6.07) is 9.77. The lowest BCUT2D eigenvalue weighted by Gasteiger charge is -2.16. The highest BCUT2D eigenvalue weighted by Crippen LogP contribution is 2.26. The largest absolute Gasteiger partial charge is 0.465 e. The van der Waals surface area contributed by atoms with Gasteiger partial charge in [0.25, 0.3) is 0 Å². The highest BCUT2D eigenvalue weighted by molar-refractivity contribution is 7.12. The lowest BCUT2D eigenvalue weighted by Crippen LogP contribution is -2.27. The summed E-state index contributed by atoms with van der Waals surface area (Å²) in [5.74, 6) is -2.15. The highest BCUT2D eigenvalue weighted by Gasteiger charge is 2.36. The third-order valence-electron chi connectivity index (χ3n) is 4.20. The Hall–Kier alpha value is -3.00. The first-order chi connectivity index (χ1) is 13.0. The lowest BCUT2D eigenvalue weighted by molar-refractivity contribution is -0.147. The van der Waals surface area contributed by atoms with Gasteiger partial charge in [-0.15, -0.1) is 11.3 Å². The zero-order chi connectivity index (χ0) is 19.4. The van der Waals surface area contributed by atoms with Crippen molar-refractivity contribution in [1.29, 1.82) is 0 Å². The van der Waals surface area contributed by atoms with E-state index in [1.54, 1.807) is 41.8 Å². The summed E-state index contributed by atoms with van der Waals surface area (Å²) < 4.78 is 9.72. The first-order valence-electron chi connectivity index (χ1n) is 8.21. The van der Waals surface area contributed by atoms with Crippen molar-refractivity contribution < 1.29 is 28.7 Å². The second-order valence-corrected chi connectivity index (χ2v) is 6.90. The molecule has 2 aromatic rings. The lowest BCUT2D eigenvalue weighted by atomic mass is 10.1. The number of carbonyl (C=O) groups excluding carboxylic acids is 4. The van der Waals surface area contributed by atoms with E-state index in [2.05, 4.69) is 4.74 Å². The number of esters is 2. The van der Waals surface area contributed by atoms with Crippen LogP contribution in [-0.4, -0.2) is 43.9 Å². The van der Waals surface area contributed by atoms with Crippen LogP contribution in [0.15, 0.2) is 41.8 Å². The zero-order valence-electron chi connectivity index (χ0n) is 14.5. The number of ketones is 1. The Morgan fingerprint density at radius 1 is 1.19 bits per heavy atom. The van der Waals surface area contributed by atoms with Crippen LogP contribution in [0.1, 0.15) is 26.5 Å². The van der Waals surface area contributed by atoms with Crippen molar-refractivity contribution in [2.45, 2.75) is 6.42 Å². The molecule has 0 radical (unpaired) electrons. The molecular formula is C19H17NO6S. The summed E-state index contributed by atoms with van der Waals surface area (Å²) >= 11 is 1.28. The highest BCUT2D eigenvalue weighted by atomic mass is 32.1. The van der Waals surface area contributed by atoms with E-state index in [4.69, 9.17) is 4.74 Å². The fraction of sp³-hybridized carbons (Fsp3) is 0.263. The molecule has 8 heteroatoms. The van der Waals surface area contributed by atoms with Crippen LogP contribution in [0.2, 0.25) is 0 Å². The Balaban J connectivity index is 1.58. The first-order valence-corrected chi connectivity index (χ1v) is 9.09. The number of anilines is 1. The van der Waals surface area contributed by atoms with Crippen LogP contribution in [0.3, 0.4) is 0 Å². The van der Waals surface area contributed by atoms with Gasteiger partial charge in [-0.25, -0.2) is 4.79 Å². The number of nitrogens with zero attached hydrogens (tertiary/aromatic N) is 1. The van der Waals surface area contributed by atoms with Crippen LogP contribution in [0.25, 0.3) is 0 Å². The van der Waals surface area contributed by atoms with Gasteiger partial charge in [0.05, 0.1) is 23.5 Å². The van der Waals surface area contributed by atoms with Crippen molar-refractivity contribution in [3.05, 3.63) is 52.2 Å².